The minimum atomic E-state index is 0.944. The van der Waals surface area contributed by atoms with E-state index in [2.05, 4.69) is 11.9 Å². The van der Waals surface area contributed by atoms with Crippen molar-refractivity contribution in [3.63, 3.8) is 0 Å². The van der Waals surface area contributed by atoms with E-state index in [-0.39, 0.29) is 0 Å². The van der Waals surface area contributed by atoms with Crippen molar-refractivity contribution in [2.24, 2.45) is 4.99 Å². The molecule has 3 nitrogen and oxygen atoms in total. The number of nitrogens with zero attached hydrogens (tertiary/aromatic N) is 3. The molecule has 0 fully saturated rings. The van der Waals surface area contributed by atoms with Gasteiger partial charge in [0.15, 0.2) is 5.96 Å². The van der Waals surface area contributed by atoms with E-state index in [9.17, 15) is 0 Å². The molecular formula is C10H23N3. The van der Waals surface area contributed by atoms with Crippen molar-refractivity contribution in [3.8, 4) is 0 Å². The maximum absolute atomic E-state index is 4.53. The lowest BCUT2D eigenvalue weighted by molar-refractivity contribution is 0.478. The van der Waals surface area contributed by atoms with Crippen molar-refractivity contribution < 1.29 is 0 Å². The monoisotopic (exact) mass is 185 g/mol. The van der Waals surface area contributed by atoms with Gasteiger partial charge in [-0.2, -0.15) is 0 Å². The first-order valence-corrected chi connectivity index (χ1v) is 4.98. The van der Waals surface area contributed by atoms with Gasteiger partial charge in [-0.25, -0.2) is 0 Å². The summed E-state index contributed by atoms with van der Waals surface area (Å²) >= 11 is 0. The second kappa shape index (κ2) is 6.75. The molecule has 3 heteroatoms. The molecule has 0 aromatic rings. The molecule has 0 rings (SSSR count). The first kappa shape index (κ1) is 12.3. The van der Waals surface area contributed by atoms with Crippen molar-refractivity contribution >= 4 is 5.96 Å². The average Bonchev–Trinajstić information content (AvgIpc) is 2.02. The molecule has 0 N–H and O–H groups in total. The van der Waals surface area contributed by atoms with Crippen LogP contribution in [-0.2, 0) is 0 Å². The van der Waals surface area contributed by atoms with Crippen LogP contribution < -0.4 is 0 Å². The third-order valence-corrected chi connectivity index (χ3v) is 1.81. The molecule has 0 aliphatic carbocycles. The zero-order valence-electron chi connectivity index (χ0n) is 9.67. The number of hydrogen-bond acceptors (Lipinski definition) is 1. The van der Waals surface area contributed by atoms with Gasteiger partial charge in [-0.3, -0.25) is 4.99 Å². The molecule has 0 saturated carbocycles. The summed E-state index contributed by atoms with van der Waals surface area (Å²) < 4.78 is 0. The maximum Gasteiger partial charge on any atom is 0.195 e. The van der Waals surface area contributed by atoms with Crippen LogP contribution >= 0.6 is 0 Å². The van der Waals surface area contributed by atoms with E-state index >= 15 is 0 Å². The molecule has 0 aliphatic rings. The SMILES string of the molecule is CCCCCN=C(N(C)C)N(C)C. The van der Waals surface area contributed by atoms with E-state index in [1.807, 2.05) is 38.0 Å². The van der Waals surface area contributed by atoms with Crippen molar-refractivity contribution in [3.05, 3.63) is 0 Å². The van der Waals surface area contributed by atoms with Crippen LogP contribution in [0, 0.1) is 0 Å². The van der Waals surface area contributed by atoms with Crippen molar-refractivity contribution in [1.29, 1.82) is 0 Å². The van der Waals surface area contributed by atoms with E-state index < -0.39 is 0 Å². The lowest BCUT2D eigenvalue weighted by Gasteiger charge is -2.22. The molecule has 0 aromatic heterocycles. The Morgan fingerprint density at radius 1 is 1.00 bits per heavy atom. The van der Waals surface area contributed by atoms with Crippen molar-refractivity contribution in [2.75, 3.05) is 34.7 Å². The normalized spacial score (nSPS) is 9.62. The van der Waals surface area contributed by atoms with Crippen LogP contribution in [0.15, 0.2) is 4.99 Å². The molecule has 0 aliphatic heterocycles. The fourth-order valence-electron chi connectivity index (χ4n) is 1.22. The van der Waals surface area contributed by atoms with E-state index in [4.69, 9.17) is 0 Å². The zero-order chi connectivity index (χ0) is 10.3. The van der Waals surface area contributed by atoms with Gasteiger partial charge in [0.1, 0.15) is 0 Å². The van der Waals surface area contributed by atoms with Crippen LogP contribution in [0.4, 0.5) is 0 Å². The van der Waals surface area contributed by atoms with E-state index in [1.165, 1.54) is 19.3 Å². The highest BCUT2D eigenvalue weighted by atomic mass is 15.3. The summed E-state index contributed by atoms with van der Waals surface area (Å²) in [6, 6.07) is 0. The molecule has 0 bridgehead atoms. The van der Waals surface area contributed by atoms with Gasteiger partial charge in [0.25, 0.3) is 0 Å². The van der Waals surface area contributed by atoms with Gasteiger partial charge in [0, 0.05) is 34.7 Å². The van der Waals surface area contributed by atoms with Gasteiger partial charge in [-0.05, 0) is 6.42 Å². The van der Waals surface area contributed by atoms with E-state index in [0.717, 1.165) is 12.5 Å². The van der Waals surface area contributed by atoms with E-state index in [1.54, 1.807) is 0 Å². The number of guanidine groups is 1. The lowest BCUT2D eigenvalue weighted by atomic mass is 10.2. The predicted molar refractivity (Wildman–Crippen MR) is 59.2 cm³/mol. The summed E-state index contributed by atoms with van der Waals surface area (Å²) in [6.45, 7) is 3.15. The molecule has 0 radical (unpaired) electrons. The Kier molecular flexibility index (Phi) is 6.37. The Hall–Kier alpha value is -0.730. The molecule has 13 heavy (non-hydrogen) atoms. The average molecular weight is 185 g/mol. The highest BCUT2D eigenvalue weighted by molar-refractivity contribution is 5.79. The predicted octanol–water partition coefficient (Wildman–Crippen LogP) is 1.66. The fraction of sp³-hybridized carbons (Fsp3) is 0.900. The minimum Gasteiger partial charge on any atom is -0.349 e. The highest BCUT2D eigenvalue weighted by Gasteiger charge is 2.02. The Labute approximate surface area is 82.4 Å². The van der Waals surface area contributed by atoms with Crippen LogP contribution in [-0.4, -0.2) is 50.5 Å². The van der Waals surface area contributed by atoms with Gasteiger partial charge < -0.3 is 9.80 Å². The molecule has 78 valence electrons. The van der Waals surface area contributed by atoms with Crippen LogP contribution in [0.1, 0.15) is 26.2 Å². The Bertz CT molecular complexity index is 140. The van der Waals surface area contributed by atoms with Crippen LogP contribution in [0.3, 0.4) is 0 Å². The quantitative estimate of drug-likeness (QED) is 0.377. The molecule has 0 spiro atoms. The Morgan fingerprint density at radius 2 is 1.54 bits per heavy atom. The summed E-state index contributed by atoms with van der Waals surface area (Å²) in [6.07, 6.45) is 3.73. The summed E-state index contributed by atoms with van der Waals surface area (Å²) in [7, 11) is 8.11. The first-order valence-electron chi connectivity index (χ1n) is 4.98. The third-order valence-electron chi connectivity index (χ3n) is 1.81. The number of hydrogen-bond donors (Lipinski definition) is 0. The summed E-state index contributed by atoms with van der Waals surface area (Å²) in [5.74, 6) is 1.05. The largest absolute Gasteiger partial charge is 0.349 e. The molecule has 0 atom stereocenters. The molecule has 0 heterocycles. The molecule has 0 unspecified atom stereocenters. The van der Waals surface area contributed by atoms with Gasteiger partial charge in [0.2, 0.25) is 0 Å². The van der Waals surface area contributed by atoms with Crippen molar-refractivity contribution in [2.45, 2.75) is 26.2 Å². The number of aliphatic imine (C=N–C) groups is 1. The Balaban J connectivity index is 3.90. The van der Waals surface area contributed by atoms with Gasteiger partial charge in [0.05, 0.1) is 0 Å². The third kappa shape index (κ3) is 5.50. The van der Waals surface area contributed by atoms with Gasteiger partial charge in [-0.15, -0.1) is 0 Å². The minimum absolute atomic E-state index is 0.944. The van der Waals surface area contributed by atoms with Gasteiger partial charge >= 0.3 is 0 Å². The van der Waals surface area contributed by atoms with Crippen LogP contribution in [0.5, 0.6) is 0 Å². The molecule has 0 saturated heterocycles. The van der Waals surface area contributed by atoms with Crippen molar-refractivity contribution in [1.82, 2.24) is 9.80 Å². The number of rotatable bonds is 4. The first-order chi connectivity index (χ1) is 6.09. The topological polar surface area (TPSA) is 18.8 Å². The van der Waals surface area contributed by atoms with Crippen LogP contribution in [0.25, 0.3) is 0 Å². The lowest BCUT2D eigenvalue weighted by Crippen LogP contribution is -2.35. The number of unbranched alkanes of at least 4 members (excludes halogenated alkanes) is 2. The van der Waals surface area contributed by atoms with E-state index in [0.29, 0.717) is 0 Å². The highest BCUT2D eigenvalue weighted by Crippen LogP contribution is 1.96. The molecule has 0 amide bonds. The van der Waals surface area contributed by atoms with Gasteiger partial charge in [-0.1, -0.05) is 19.8 Å². The molecular weight excluding hydrogens is 162 g/mol. The fourth-order valence-corrected chi connectivity index (χ4v) is 1.22. The standard InChI is InChI=1S/C10H23N3/c1-6-7-8-9-11-10(12(2)3)13(4)5/h6-9H2,1-5H3. The molecule has 0 aromatic carbocycles. The summed E-state index contributed by atoms with van der Waals surface area (Å²) in [4.78, 5) is 8.62. The second-order valence-electron chi connectivity index (χ2n) is 3.68. The second-order valence-corrected chi connectivity index (χ2v) is 3.68. The summed E-state index contributed by atoms with van der Waals surface area (Å²) in [5.41, 5.74) is 0. The smallest absolute Gasteiger partial charge is 0.195 e. The summed E-state index contributed by atoms with van der Waals surface area (Å²) in [5, 5.41) is 0. The Morgan fingerprint density at radius 3 is 1.92 bits per heavy atom. The van der Waals surface area contributed by atoms with Crippen LogP contribution in [0.2, 0.25) is 0 Å². The maximum atomic E-state index is 4.53. The zero-order valence-corrected chi connectivity index (χ0v) is 9.67.